The zero-order valence-corrected chi connectivity index (χ0v) is 12.8. The van der Waals surface area contributed by atoms with Crippen LogP contribution in [0.5, 0.6) is 0 Å². The average Bonchev–Trinajstić information content (AvgIpc) is 2.75. The van der Waals surface area contributed by atoms with Gasteiger partial charge in [0.05, 0.1) is 4.34 Å². The monoisotopic (exact) mass is 295 g/mol. The van der Waals surface area contributed by atoms with E-state index in [1.807, 2.05) is 12.3 Å². The molecule has 0 aliphatic rings. The van der Waals surface area contributed by atoms with Crippen LogP contribution in [0.25, 0.3) is 0 Å². The summed E-state index contributed by atoms with van der Waals surface area (Å²) >= 11 is 7.58. The number of rotatable bonds is 6. The zero-order chi connectivity index (χ0) is 13.7. The fourth-order valence-corrected chi connectivity index (χ4v) is 3.09. The van der Waals surface area contributed by atoms with E-state index >= 15 is 0 Å². The van der Waals surface area contributed by atoms with Crippen molar-refractivity contribution in [1.82, 2.24) is 9.88 Å². The molecule has 3 nitrogen and oxygen atoms in total. The van der Waals surface area contributed by atoms with E-state index in [9.17, 15) is 0 Å². The second-order valence-electron chi connectivity index (χ2n) is 4.46. The number of aromatic nitrogens is 1. The Morgan fingerprint density at radius 3 is 2.84 bits per heavy atom. The highest BCUT2D eigenvalue weighted by molar-refractivity contribution is 7.16. The molecular weight excluding hydrogens is 278 g/mol. The molecule has 0 amide bonds. The molecule has 0 saturated heterocycles. The maximum absolute atomic E-state index is 5.94. The summed E-state index contributed by atoms with van der Waals surface area (Å²) in [5.41, 5.74) is 1.26. The number of anilines is 1. The lowest BCUT2D eigenvalue weighted by molar-refractivity contribution is 0.322. The normalized spacial score (nSPS) is 10.9. The van der Waals surface area contributed by atoms with Crippen LogP contribution in [0.2, 0.25) is 4.34 Å². The van der Waals surface area contributed by atoms with E-state index in [-0.39, 0.29) is 0 Å². The van der Waals surface area contributed by atoms with Crippen molar-refractivity contribution >= 4 is 28.8 Å². The SMILES string of the molecule is CCNc1cc(CN(C)Cc2ccc(Cl)s2)ccn1. The van der Waals surface area contributed by atoms with Gasteiger partial charge in [0.2, 0.25) is 0 Å². The number of nitrogens with zero attached hydrogens (tertiary/aromatic N) is 2. The molecule has 0 radical (unpaired) electrons. The predicted octanol–water partition coefficient (Wildman–Crippen LogP) is 3.86. The minimum Gasteiger partial charge on any atom is -0.370 e. The summed E-state index contributed by atoms with van der Waals surface area (Å²) in [6, 6.07) is 8.19. The maximum atomic E-state index is 5.94. The van der Waals surface area contributed by atoms with Crippen molar-refractivity contribution in [1.29, 1.82) is 0 Å². The van der Waals surface area contributed by atoms with Crippen molar-refractivity contribution in [2.75, 3.05) is 18.9 Å². The van der Waals surface area contributed by atoms with Gasteiger partial charge in [0, 0.05) is 30.7 Å². The molecule has 0 aromatic carbocycles. The van der Waals surface area contributed by atoms with Crippen LogP contribution in [0.3, 0.4) is 0 Å². The molecular formula is C14H18ClN3S. The summed E-state index contributed by atoms with van der Waals surface area (Å²) < 4.78 is 0.849. The summed E-state index contributed by atoms with van der Waals surface area (Å²) in [5.74, 6) is 0.938. The van der Waals surface area contributed by atoms with E-state index in [0.717, 1.165) is 29.8 Å². The highest BCUT2D eigenvalue weighted by Crippen LogP contribution is 2.22. The lowest BCUT2D eigenvalue weighted by atomic mass is 10.2. The molecule has 2 aromatic heterocycles. The molecule has 0 aliphatic heterocycles. The molecule has 102 valence electrons. The van der Waals surface area contributed by atoms with Crippen LogP contribution in [0.1, 0.15) is 17.4 Å². The van der Waals surface area contributed by atoms with Crippen molar-refractivity contribution in [2.45, 2.75) is 20.0 Å². The Hall–Kier alpha value is -1.10. The standard InChI is InChI=1S/C14H18ClN3S/c1-3-16-14-8-11(6-7-17-14)9-18(2)10-12-4-5-13(15)19-12/h4-8H,3,9-10H2,1-2H3,(H,16,17). The highest BCUT2D eigenvalue weighted by atomic mass is 35.5. The van der Waals surface area contributed by atoms with Gasteiger partial charge in [-0.3, -0.25) is 4.90 Å². The molecule has 0 unspecified atom stereocenters. The second kappa shape index (κ2) is 6.89. The van der Waals surface area contributed by atoms with Gasteiger partial charge >= 0.3 is 0 Å². The minimum atomic E-state index is 0.849. The first kappa shape index (κ1) is 14.3. The van der Waals surface area contributed by atoms with E-state index in [1.165, 1.54) is 10.4 Å². The van der Waals surface area contributed by atoms with Gasteiger partial charge in [-0.2, -0.15) is 0 Å². The van der Waals surface area contributed by atoms with Gasteiger partial charge in [-0.15, -0.1) is 11.3 Å². The van der Waals surface area contributed by atoms with Gasteiger partial charge in [0.15, 0.2) is 0 Å². The van der Waals surface area contributed by atoms with Crippen molar-refractivity contribution in [2.24, 2.45) is 0 Å². The van der Waals surface area contributed by atoms with Crippen LogP contribution in [0, 0.1) is 0 Å². The molecule has 2 aromatic rings. The molecule has 5 heteroatoms. The van der Waals surface area contributed by atoms with Crippen molar-refractivity contribution in [3.63, 3.8) is 0 Å². The number of hydrogen-bond donors (Lipinski definition) is 1. The average molecular weight is 296 g/mol. The lowest BCUT2D eigenvalue weighted by Gasteiger charge is -2.16. The van der Waals surface area contributed by atoms with E-state index in [2.05, 4.69) is 47.4 Å². The minimum absolute atomic E-state index is 0.849. The van der Waals surface area contributed by atoms with E-state index < -0.39 is 0 Å². The fourth-order valence-electron chi connectivity index (χ4n) is 1.92. The topological polar surface area (TPSA) is 28.2 Å². The van der Waals surface area contributed by atoms with Crippen LogP contribution in [-0.4, -0.2) is 23.5 Å². The highest BCUT2D eigenvalue weighted by Gasteiger charge is 2.05. The zero-order valence-electron chi connectivity index (χ0n) is 11.2. The quantitative estimate of drug-likeness (QED) is 0.877. The molecule has 0 bridgehead atoms. The molecule has 19 heavy (non-hydrogen) atoms. The second-order valence-corrected chi connectivity index (χ2v) is 6.26. The third-order valence-electron chi connectivity index (χ3n) is 2.69. The molecule has 0 fully saturated rings. The Bertz CT molecular complexity index is 527. The number of thiophene rings is 1. The predicted molar refractivity (Wildman–Crippen MR) is 82.9 cm³/mol. The molecule has 2 heterocycles. The first-order chi connectivity index (χ1) is 9.17. The van der Waals surface area contributed by atoms with Gasteiger partial charge in [-0.1, -0.05) is 11.6 Å². The number of hydrogen-bond acceptors (Lipinski definition) is 4. The summed E-state index contributed by atoms with van der Waals surface area (Å²) in [6.07, 6.45) is 1.85. The molecule has 0 atom stereocenters. The lowest BCUT2D eigenvalue weighted by Crippen LogP contribution is -2.16. The number of halogens is 1. The molecule has 2 rings (SSSR count). The Morgan fingerprint density at radius 1 is 1.32 bits per heavy atom. The third kappa shape index (κ3) is 4.49. The van der Waals surface area contributed by atoms with Gasteiger partial charge in [-0.25, -0.2) is 4.98 Å². The van der Waals surface area contributed by atoms with Crippen LogP contribution in [0.15, 0.2) is 30.5 Å². The van der Waals surface area contributed by atoms with E-state index in [0.29, 0.717) is 0 Å². The number of pyridine rings is 1. The van der Waals surface area contributed by atoms with Crippen molar-refractivity contribution in [3.05, 3.63) is 45.2 Å². The molecule has 0 saturated carbocycles. The Balaban J connectivity index is 1.94. The Morgan fingerprint density at radius 2 is 2.16 bits per heavy atom. The first-order valence-electron chi connectivity index (χ1n) is 6.29. The van der Waals surface area contributed by atoms with Gasteiger partial charge in [0.25, 0.3) is 0 Å². The smallest absolute Gasteiger partial charge is 0.126 e. The van der Waals surface area contributed by atoms with Crippen molar-refractivity contribution < 1.29 is 0 Å². The van der Waals surface area contributed by atoms with Crippen LogP contribution in [0.4, 0.5) is 5.82 Å². The first-order valence-corrected chi connectivity index (χ1v) is 7.48. The van der Waals surface area contributed by atoms with Crippen molar-refractivity contribution in [3.8, 4) is 0 Å². The maximum Gasteiger partial charge on any atom is 0.126 e. The number of nitrogens with one attached hydrogen (secondary N) is 1. The molecule has 0 aliphatic carbocycles. The van der Waals surface area contributed by atoms with E-state index in [4.69, 9.17) is 11.6 Å². The largest absolute Gasteiger partial charge is 0.370 e. The summed E-state index contributed by atoms with van der Waals surface area (Å²) in [4.78, 5) is 7.84. The van der Waals surface area contributed by atoms with Crippen LogP contribution in [-0.2, 0) is 13.1 Å². The molecule has 0 spiro atoms. The Labute approximate surface area is 123 Å². The molecule has 1 N–H and O–H groups in total. The third-order valence-corrected chi connectivity index (χ3v) is 3.91. The van der Waals surface area contributed by atoms with E-state index in [1.54, 1.807) is 11.3 Å². The van der Waals surface area contributed by atoms with Gasteiger partial charge in [-0.05, 0) is 43.8 Å². The van der Waals surface area contributed by atoms with Gasteiger partial charge in [0.1, 0.15) is 5.82 Å². The van der Waals surface area contributed by atoms with Crippen LogP contribution < -0.4 is 5.32 Å². The van der Waals surface area contributed by atoms with Gasteiger partial charge < -0.3 is 5.32 Å². The summed E-state index contributed by atoms with van der Waals surface area (Å²) in [7, 11) is 2.11. The summed E-state index contributed by atoms with van der Waals surface area (Å²) in [6.45, 7) is 4.77. The fraction of sp³-hybridized carbons (Fsp3) is 0.357. The Kier molecular flexibility index (Phi) is 5.19. The summed E-state index contributed by atoms with van der Waals surface area (Å²) in [5, 5.41) is 3.23. The van der Waals surface area contributed by atoms with Crippen LogP contribution >= 0.6 is 22.9 Å².